The number of anilines is 2. The highest BCUT2D eigenvalue weighted by Gasteiger charge is 2.21. The second kappa shape index (κ2) is 9.25. The third-order valence-corrected chi connectivity index (χ3v) is 5.89. The molecule has 1 aromatic carbocycles. The van der Waals surface area contributed by atoms with E-state index in [2.05, 4.69) is 16.9 Å². The van der Waals surface area contributed by atoms with Crippen LogP contribution in [0.2, 0.25) is 0 Å². The summed E-state index contributed by atoms with van der Waals surface area (Å²) >= 11 is 1.17. The average Bonchev–Trinajstić information content (AvgIpc) is 3.17. The van der Waals surface area contributed by atoms with Gasteiger partial charge in [-0.25, -0.2) is 14.2 Å². The van der Waals surface area contributed by atoms with Gasteiger partial charge in [0.1, 0.15) is 17.1 Å². The number of hydrogen-bond donors (Lipinski definition) is 1. The van der Waals surface area contributed by atoms with Crippen molar-refractivity contribution >= 4 is 38.4 Å². The van der Waals surface area contributed by atoms with E-state index < -0.39 is 29.5 Å². The SMILES string of the molecule is C=CCn1c(=O)c2sc(N(CC)CC)nc2n(CC(=O)Nc2ccc(C)cc2F)c1=O. The predicted molar refractivity (Wildman–Crippen MR) is 122 cm³/mol. The van der Waals surface area contributed by atoms with Crippen LogP contribution in [-0.4, -0.2) is 33.1 Å². The Morgan fingerprint density at radius 1 is 1.29 bits per heavy atom. The third kappa shape index (κ3) is 4.43. The molecule has 0 bridgehead atoms. The standard InChI is InChI=1S/C21H24FN5O3S/c1-5-10-26-19(29)17-18(24-20(31-17)25(6-2)7-3)27(21(26)30)12-16(28)23-15-9-8-13(4)11-14(15)22/h5,8-9,11H,1,6-7,10,12H2,2-4H3,(H,23,28). The molecule has 0 atom stereocenters. The zero-order valence-electron chi connectivity index (χ0n) is 17.6. The van der Waals surface area contributed by atoms with Gasteiger partial charge < -0.3 is 10.2 Å². The van der Waals surface area contributed by atoms with Crippen LogP contribution in [0.4, 0.5) is 15.2 Å². The van der Waals surface area contributed by atoms with Crippen molar-refractivity contribution in [3.05, 3.63) is 63.1 Å². The number of allylic oxidation sites excluding steroid dienone is 1. The number of nitrogens with one attached hydrogen (secondary N) is 1. The van der Waals surface area contributed by atoms with Gasteiger partial charge in [0, 0.05) is 19.6 Å². The number of rotatable bonds is 8. The fourth-order valence-corrected chi connectivity index (χ4v) is 4.33. The summed E-state index contributed by atoms with van der Waals surface area (Å²) in [5, 5.41) is 3.07. The first-order chi connectivity index (χ1) is 14.8. The lowest BCUT2D eigenvalue weighted by Crippen LogP contribution is -2.41. The van der Waals surface area contributed by atoms with Gasteiger partial charge in [0.25, 0.3) is 5.56 Å². The number of hydrogen-bond acceptors (Lipinski definition) is 6. The number of nitrogens with zero attached hydrogens (tertiary/aromatic N) is 4. The van der Waals surface area contributed by atoms with Crippen molar-refractivity contribution in [3.63, 3.8) is 0 Å². The molecule has 0 saturated heterocycles. The summed E-state index contributed by atoms with van der Waals surface area (Å²) in [6.07, 6.45) is 1.44. The van der Waals surface area contributed by atoms with Crippen molar-refractivity contribution in [2.75, 3.05) is 23.3 Å². The molecule has 1 N–H and O–H groups in total. The number of halogens is 1. The summed E-state index contributed by atoms with van der Waals surface area (Å²) in [6, 6.07) is 4.44. The number of aryl methyl sites for hydroxylation is 1. The molecular formula is C21H24FN5O3S. The van der Waals surface area contributed by atoms with Crippen LogP contribution >= 0.6 is 11.3 Å². The Balaban J connectivity index is 2.08. The first-order valence-corrected chi connectivity index (χ1v) is 10.7. The Kier molecular flexibility index (Phi) is 6.69. The van der Waals surface area contributed by atoms with Crippen molar-refractivity contribution in [1.82, 2.24) is 14.1 Å². The fraction of sp³-hybridized carbons (Fsp3) is 0.333. The number of thiazole rings is 1. The molecule has 8 nitrogen and oxygen atoms in total. The minimum atomic E-state index is -0.673. The topological polar surface area (TPSA) is 89.2 Å². The zero-order chi connectivity index (χ0) is 22.7. The molecule has 0 aliphatic carbocycles. The smallest absolute Gasteiger partial charge is 0.333 e. The van der Waals surface area contributed by atoms with Crippen molar-refractivity contribution in [3.8, 4) is 0 Å². The molecule has 0 spiro atoms. The van der Waals surface area contributed by atoms with Crippen molar-refractivity contribution in [2.45, 2.75) is 33.9 Å². The summed E-state index contributed by atoms with van der Waals surface area (Å²) in [5.41, 5.74) is -0.273. The van der Waals surface area contributed by atoms with Crippen LogP contribution in [0.15, 0.2) is 40.4 Å². The number of carbonyl (C=O) groups is 1. The Morgan fingerprint density at radius 3 is 2.61 bits per heavy atom. The second-order valence-corrected chi connectivity index (χ2v) is 7.90. The molecule has 0 unspecified atom stereocenters. The molecule has 164 valence electrons. The molecule has 0 fully saturated rings. The van der Waals surface area contributed by atoms with Gasteiger partial charge in [0.2, 0.25) is 5.91 Å². The molecule has 0 aliphatic heterocycles. The largest absolute Gasteiger partial charge is 0.349 e. The van der Waals surface area contributed by atoms with Gasteiger partial charge in [-0.1, -0.05) is 23.5 Å². The number of aromatic nitrogens is 3. The molecule has 2 heterocycles. The first kappa shape index (κ1) is 22.4. The molecule has 1 amide bonds. The number of fused-ring (bicyclic) bond motifs is 1. The van der Waals surface area contributed by atoms with Gasteiger partial charge in [0.05, 0.1) is 5.69 Å². The van der Waals surface area contributed by atoms with E-state index in [1.54, 1.807) is 13.0 Å². The van der Waals surface area contributed by atoms with E-state index in [4.69, 9.17) is 0 Å². The molecule has 2 aromatic heterocycles. The fourth-order valence-electron chi connectivity index (χ4n) is 3.19. The van der Waals surface area contributed by atoms with Gasteiger partial charge in [-0.3, -0.25) is 18.7 Å². The van der Waals surface area contributed by atoms with E-state index in [1.807, 2.05) is 18.7 Å². The van der Waals surface area contributed by atoms with Crippen LogP contribution in [0.25, 0.3) is 10.3 Å². The minimum Gasteiger partial charge on any atom is -0.349 e. The van der Waals surface area contributed by atoms with E-state index in [-0.39, 0.29) is 22.6 Å². The lowest BCUT2D eigenvalue weighted by Gasteiger charge is -2.16. The maximum Gasteiger partial charge on any atom is 0.333 e. The van der Waals surface area contributed by atoms with Gasteiger partial charge in [0.15, 0.2) is 10.8 Å². The van der Waals surface area contributed by atoms with E-state index >= 15 is 0 Å². The number of amides is 1. The molecule has 3 aromatic rings. The lowest BCUT2D eigenvalue weighted by molar-refractivity contribution is -0.116. The highest BCUT2D eigenvalue weighted by atomic mass is 32.1. The summed E-state index contributed by atoms with van der Waals surface area (Å²) in [6.45, 7) is 10.2. The summed E-state index contributed by atoms with van der Waals surface area (Å²) in [7, 11) is 0. The highest BCUT2D eigenvalue weighted by molar-refractivity contribution is 7.22. The van der Waals surface area contributed by atoms with Crippen LogP contribution in [-0.2, 0) is 17.9 Å². The Morgan fingerprint density at radius 2 is 2.00 bits per heavy atom. The van der Waals surface area contributed by atoms with Crippen LogP contribution in [0, 0.1) is 12.7 Å². The zero-order valence-corrected chi connectivity index (χ0v) is 18.5. The van der Waals surface area contributed by atoms with Crippen molar-refractivity contribution < 1.29 is 9.18 Å². The quantitative estimate of drug-likeness (QED) is 0.539. The molecule has 0 saturated carbocycles. The van der Waals surface area contributed by atoms with Crippen LogP contribution in [0.3, 0.4) is 0 Å². The molecule has 0 aliphatic rings. The highest BCUT2D eigenvalue weighted by Crippen LogP contribution is 2.26. The Hall–Kier alpha value is -3.27. The Labute approximate surface area is 182 Å². The summed E-state index contributed by atoms with van der Waals surface area (Å²) < 4.78 is 16.5. The molecule has 0 radical (unpaired) electrons. The van der Waals surface area contributed by atoms with E-state index in [0.717, 1.165) is 14.7 Å². The first-order valence-electron chi connectivity index (χ1n) is 9.86. The summed E-state index contributed by atoms with van der Waals surface area (Å²) in [5.74, 6) is -1.17. The van der Waals surface area contributed by atoms with E-state index in [0.29, 0.717) is 18.2 Å². The van der Waals surface area contributed by atoms with Crippen molar-refractivity contribution in [2.24, 2.45) is 0 Å². The number of benzene rings is 1. The monoisotopic (exact) mass is 445 g/mol. The molecule has 3 rings (SSSR count). The second-order valence-electron chi connectivity index (χ2n) is 6.93. The van der Waals surface area contributed by atoms with Gasteiger partial charge in [-0.2, -0.15) is 0 Å². The van der Waals surface area contributed by atoms with Gasteiger partial charge in [-0.05, 0) is 38.5 Å². The minimum absolute atomic E-state index is 0.000317. The van der Waals surface area contributed by atoms with E-state index in [9.17, 15) is 18.8 Å². The van der Waals surface area contributed by atoms with E-state index in [1.165, 1.54) is 29.5 Å². The molecule has 31 heavy (non-hydrogen) atoms. The van der Waals surface area contributed by atoms with Gasteiger partial charge >= 0.3 is 5.69 Å². The van der Waals surface area contributed by atoms with Gasteiger partial charge in [-0.15, -0.1) is 6.58 Å². The average molecular weight is 446 g/mol. The predicted octanol–water partition coefficient (Wildman–Crippen LogP) is 2.74. The molecule has 10 heteroatoms. The maximum atomic E-state index is 14.1. The lowest BCUT2D eigenvalue weighted by atomic mass is 10.2. The van der Waals surface area contributed by atoms with Crippen LogP contribution in [0.5, 0.6) is 0 Å². The van der Waals surface area contributed by atoms with Crippen LogP contribution < -0.4 is 21.5 Å². The molecular weight excluding hydrogens is 421 g/mol. The third-order valence-electron chi connectivity index (χ3n) is 4.80. The maximum absolute atomic E-state index is 14.1. The van der Waals surface area contributed by atoms with Crippen LogP contribution in [0.1, 0.15) is 19.4 Å². The van der Waals surface area contributed by atoms with Crippen molar-refractivity contribution in [1.29, 1.82) is 0 Å². The normalized spacial score (nSPS) is 11.0. The Bertz CT molecular complexity index is 1260. The number of carbonyl (C=O) groups excluding carboxylic acids is 1. The summed E-state index contributed by atoms with van der Waals surface area (Å²) in [4.78, 5) is 44.9.